The molecule has 150 valence electrons. The van der Waals surface area contributed by atoms with E-state index in [-0.39, 0.29) is 5.91 Å². The zero-order chi connectivity index (χ0) is 19.9. The van der Waals surface area contributed by atoms with Gasteiger partial charge >= 0.3 is 5.97 Å². The molecule has 1 aromatic carbocycles. The van der Waals surface area contributed by atoms with Crippen LogP contribution in [0.5, 0.6) is 0 Å². The molecule has 1 aliphatic heterocycles. The topological polar surface area (TPSA) is 58.6 Å². The lowest BCUT2D eigenvalue weighted by Crippen LogP contribution is -2.35. The minimum atomic E-state index is -0.402. The maximum absolute atomic E-state index is 12.5. The Hall–Kier alpha value is -2.18. The Balaban J connectivity index is 1.68. The van der Waals surface area contributed by atoms with Crippen LogP contribution in [0.15, 0.2) is 36.4 Å². The fourth-order valence-corrected chi connectivity index (χ4v) is 4.39. The Bertz CT molecular complexity index is 795. The largest absolute Gasteiger partial charge is 0.462 e. The van der Waals surface area contributed by atoms with Gasteiger partial charge in [0.05, 0.1) is 12.2 Å². The number of carbonyl (C=O) groups excluding carboxylic acids is 2. The molecule has 0 aliphatic carbocycles. The van der Waals surface area contributed by atoms with Crippen LogP contribution in [0.25, 0.3) is 10.4 Å². The lowest BCUT2D eigenvalue weighted by atomic mass is 9.99. The van der Waals surface area contributed by atoms with Crippen molar-refractivity contribution in [1.29, 1.82) is 0 Å². The second-order valence-electron chi connectivity index (χ2n) is 7.26. The standard InChI is InChI=1S/C22H28N2O3S/c1-3-27-22(26)18-15-19(17-7-5-4-6-8-17)28-21(18)23-20(25)11-14-24-12-9-16(2)10-13-24/h4-8,15-16H,3,9-14H2,1-2H3,(H,23,25). The molecule has 1 aliphatic rings. The average molecular weight is 401 g/mol. The van der Waals surface area contributed by atoms with E-state index < -0.39 is 5.97 Å². The lowest BCUT2D eigenvalue weighted by molar-refractivity contribution is -0.116. The summed E-state index contributed by atoms with van der Waals surface area (Å²) in [5.41, 5.74) is 1.44. The first-order chi connectivity index (χ1) is 13.6. The van der Waals surface area contributed by atoms with Crippen LogP contribution in [0.3, 0.4) is 0 Å². The maximum atomic E-state index is 12.5. The van der Waals surface area contributed by atoms with Crippen molar-refractivity contribution in [2.75, 3.05) is 31.6 Å². The molecular formula is C22H28N2O3S. The number of anilines is 1. The van der Waals surface area contributed by atoms with Gasteiger partial charge in [0.15, 0.2) is 0 Å². The van der Waals surface area contributed by atoms with Gasteiger partial charge in [0.1, 0.15) is 5.00 Å². The van der Waals surface area contributed by atoms with Gasteiger partial charge in [-0.25, -0.2) is 4.79 Å². The molecule has 1 fully saturated rings. The summed E-state index contributed by atoms with van der Waals surface area (Å²) in [5, 5.41) is 3.50. The van der Waals surface area contributed by atoms with E-state index in [0.29, 0.717) is 23.6 Å². The zero-order valence-electron chi connectivity index (χ0n) is 16.6. The molecule has 0 saturated carbocycles. The van der Waals surface area contributed by atoms with Crippen LogP contribution in [0.4, 0.5) is 5.00 Å². The van der Waals surface area contributed by atoms with E-state index in [0.717, 1.165) is 36.0 Å². The normalized spacial score (nSPS) is 15.4. The quantitative estimate of drug-likeness (QED) is 0.687. The highest BCUT2D eigenvalue weighted by molar-refractivity contribution is 7.20. The van der Waals surface area contributed by atoms with Gasteiger partial charge in [-0.2, -0.15) is 0 Å². The summed E-state index contributed by atoms with van der Waals surface area (Å²) in [4.78, 5) is 28.1. The van der Waals surface area contributed by atoms with Crippen LogP contribution < -0.4 is 5.32 Å². The van der Waals surface area contributed by atoms with Gasteiger partial charge in [0.2, 0.25) is 5.91 Å². The number of hydrogen-bond acceptors (Lipinski definition) is 5. The molecule has 5 nitrogen and oxygen atoms in total. The fraction of sp³-hybridized carbons (Fsp3) is 0.455. The summed E-state index contributed by atoms with van der Waals surface area (Å²) in [6, 6.07) is 11.6. The van der Waals surface area contributed by atoms with Crippen LogP contribution in [0.2, 0.25) is 0 Å². The first kappa shape index (κ1) is 20.6. The monoisotopic (exact) mass is 400 g/mol. The summed E-state index contributed by atoms with van der Waals surface area (Å²) in [6.45, 7) is 7.22. The van der Waals surface area contributed by atoms with Crippen LogP contribution in [0.1, 0.15) is 43.5 Å². The predicted molar refractivity (Wildman–Crippen MR) is 114 cm³/mol. The minimum Gasteiger partial charge on any atom is -0.462 e. The fourth-order valence-electron chi connectivity index (χ4n) is 3.32. The summed E-state index contributed by atoms with van der Waals surface area (Å²) < 4.78 is 5.17. The third-order valence-electron chi connectivity index (χ3n) is 5.07. The molecule has 2 heterocycles. The first-order valence-corrected chi connectivity index (χ1v) is 10.8. The van der Waals surface area contributed by atoms with Crippen LogP contribution >= 0.6 is 11.3 Å². The van der Waals surface area contributed by atoms with E-state index in [1.165, 1.54) is 24.2 Å². The van der Waals surface area contributed by atoms with Gasteiger partial charge in [0, 0.05) is 17.8 Å². The van der Waals surface area contributed by atoms with Crippen molar-refractivity contribution in [3.63, 3.8) is 0 Å². The number of esters is 1. The Labute approximate surface area is 170 Å². The van der Waals surface area contributed by atoms with E-state index in [4.69, 9.17) is 4.74 Å². The summed E-state index contributed by atoms with van der Waals surface area (Å²) >= 11 is 1.41. The number of carbonyl (C=O) groups is 2. The highest BCUT2D eigenvalue weighted by Gasteiger charge is 2.21. The summed E-state index contributed by atoms with van der Waals surface area (Å²) in [6.07, 6.45) is 2.81. The SMILES string of the molecule is CCOC(=O)c1cc(-c2ccccc2)sc1NC(=O)CCN1CCC(C)CC1. The molecule has 1 amide bonds. The molecule has 0 bridgehead atoms. The number of nitrogens with zero attached hydrogens (tertiary/aromatic N) is 1. The van der Waals surface area contributed by atoms with E-state index in [9.17, 15) is 9.59 Å². The van der Waals surface area contributed by atoms with Gasteiger partial charge < -0.3 is 15.0 Å². The highest BCUT2D eigenvalue weighted by atomic mass is 32.1. The number of thiophene rings is 1. The lowest BCUT2D eigenvalue weighted by Gasteiger charge is -2.29. The van der Waals surface area contributed by atoms with Crippen LogP contribution in [0, 0.1) is 5.92 Å². The van der Waals surface area contributed by atoms with Crippen molar-refractivity contribution in [3.05, 3.63) is 42.0 Å². The van der Waals surface area contributed by atoms with Crippen molar-refractivity contribution in [2.24, 2.45) is 5.92 Å². The average Bonchev–Trinajstić information content (AvgIpc) is 3.12. The Morgan fingerprint density at radius 3 is 2.61 bits per heavy atom. The summed E-state index contributed by atoms with van der Waals surface area (Å²) in [7, 11) is 0. The van der Waals surface area contributed by atoms with Crippen molar-refractivity contribution < 1.29 is 14.3 Å². The predicted octanol–water partition coefficient (Wildman–Crippen LogP) is 4.65. The van der Waals surface area contributed by atoms with Gasteiger partial charge in [0.25, 0.3) is 0 Å². The second kappa shape index (κ2) is 9.85. The molecular weight excluding hydrogens is 372 g/mol. The van der Waals surface area contributed by atoms with E-state index >= 15 is 0 Å². The Morgan fingerprint density at radius 2 is 1.93 bits per heavy atom. The second-order valence-corrected chi connectivity index (χ2v) is 8.31. The maximum Gasteiger partial charge on any atom is 0.341 e. The van der Waals surface area contributed by atoms with Crippen molar-refractivity contribution in [2.45, 2.75) is 33.1 Å². The molecule has 1 aromatic heterocycles. The number of ether oxygens (including phenoxy) is 1. The number of nitrogens with one attached hydrogen (secondary N) is 1. The molecule has 0 spiro atoms. The minimum absolute atomic E-state index is 0.0642. The van der Waals surface area contributed by atoms with Crippen molar-refractivity contribution in [3.8, 4) is 10.4 Å². The number of benzene rings is 1. The molecule has 0 atom stereocenters. The van der Waals surface area contributed by atoms with Crippen molar-refractivity contribution in [1.82, 2.24) is 4.90 Å². The molecule has 6 heteroatoms. The molecule has 0 radical (unpaired) electrons. The van der Waals surface area contributed by atoms with Crippen molar-refractivity contribution >= 4 is 28.2 Å². The Morgan fingerprint density at radius 1 is 1.21 bits per heavy atom. The number of amides is 1. The third-order valence-corrected chi connectivity index (χ3v) is 6.17. The molecule has 3 rings (SSSR count). The highest BCUT2D eigenvalue weighted by Crippen LogP contribution is 2.36. The number of hydrogen-bond donors (Lipinski definition) is 1. The van der Waals surface area contributed by atoms with Crippen LogP contribution in [-0.4, -0.2) is 43.0 Å². The zero-order valence-corrected chi connectivity index (χ0v) is 17.4. The summed E-state index contributed by atoms with van der Waals surface area (Å²) in [5.74, 6) is 0.312. The Kier molecular flexibility index (Phi) is 7.23. The number of piperidine rings is 1. The molecule has 2 aromatic rings. The number of likely N-dealkylation sites (tertiary alicyclic amines) is 1. The van der Waals surface area contributed by atoms with Gasteiger partial charge in [-0.05, 0) is 50.4 Å². The van der Waals surface area contributed by atoms with Crippen LogP contribution in [-0.2, 0) is 9.53 Å². The molecule has 1 saturated heterocycles. The van der Waals surface area contributed by atoms with E-state index in [1.807, 2.05) is 30.3 Å². The van der Waals surface area contributed by atoms with E-state index in [1.54, 1.807) is 13.0 Å². The smallest absolute Gasteiger partial charge is 0.341 e. The molecule has 1 N–H and O–H groups in total. The molecule has 0 unspecified atom stereocenters. The first-order valence-electron chi connectivity index (χ1n) is 9.95. The third kappa shape index (κ3) is 5.42. The van der Waals surface area contributed by atoms with Gasteiger partial charge in [-0.1, -0.05) is 37.3 Å². The van der Waals surface area contributed by atoms with Gasteiger partial charge in [-0.3, -0.25) is 4.79 Å². The molecule has 28 heavy (non-hydrogen) atoms. The van der Waals surface area contributed by atoms with Gasteiger partial charge in [-0.15, -0.1) is 11.3 Å². The number of rotatable bonds is 7. The van der Waals surface area contributed by atoms with E-state index in [2.05, 4.69) is 17.1 Å².